The van der Waals surface area contributed by atoms with Crippen molar-refractivity contribution in [2.75, 3.05) is 5.32 Å². The Bertz CT molecular complexity index is 1720. The molecule has 0 saturated heterocycles. The van der Waals surface area contributed by atoms with Crippen molar-refractivity contribution in [3.63, 3.8) is 0 Å². The number of nitrogens with zero attached hydrogens (tertiary/aromatic N) is 3. The van der Waals surface area contributed by atoms with Crippen LogP contribution >= 0.6 is 0 Å². The van der Waals surface area contributed by atoms with Crippen LogP contribution in [0, 0.1) is 11.8 Å². The number of aromatic amines is 1. The molecule has 9 nitrogen and oxygen atoms in total. The van der Waals surface area contributed by atoms with Crippen molar-refractivity contribution in [1.29, 1.82) is 0 Å². The number of hydrogen-bond acceptors (Lipinski definition) is 7. The molecule has 0 unspecified atom stereocenters. The lowest BCUT2D eigenvalue weighted by Crippen LogP contribution is -2.11. The van der Waals surface area contributed by atoms with Gasteiger partial charge < -0.3 is 21.1 Å². The van der Waals surface area contributed by atoms with E-state index in [0.29, 0.717) is 39.9 Å². The third-order valence-electron chi connectivity index (χ3n) is 5.69. The van der Waals surface area contributed by atoms with Crippen molar-refractivity contribution < 1.29 is 9.90 Å². The molecule has 3 heterocycles. The van der Waals surface area contributed by atoms with Crippen LogP contribution in [0.15, 0.2) is 71.8 Å². The molecule has 1 amide bonds. The number of nitrogens with one attached hydrogen (secondary N) is 2. The minimum Gasteiger partial charge on any atom is -0.392 e. The van der Waals surface area contributed by atoms with E-state index >= 15 is 0 Å². The largest absolute Gasteiger partial charge is 0.392 e. The molecule has 5 rings (SSSR count). The highest BCUT2D eigenvalue weighted by molar-refractivity contribution is 6.12. The van der Waals surface area contributed by atoms with Crippen LogP contribution in [-0.2, 0) is 17.9 Å². The predicted octanol–water partition coefficient (Wildman–Crippen LogP) is 2.47. The second-order valence-electron chi connectivity index (χ2n) is 8.01. The molecule has 0 spiro atoms. The molecule has 0 radical (unpaired) electrons. The number of aliphatic hydroxyl groups is 1. The van der Waals surface area contributed by atoms with E-state index in [1.165, 1.54) is 6.20 Å². The van der Waals surface area contributed by atoms with Gasteiger partial charge in [-0.3, -0.25) is 9.59 Å². The molecular weight excluding hydrogens is 456 g/mol. The molecule has 0 saturated carbocycles. The molecule has 9 heteroatoms. The first-order chi connectivity index (χ1) is 17.5. The van der Waals surface area contributed by atoms with Gasteiger partial charge in [-0.05, 0) is 34.9 Å². The number of H-pyrrole nitrogens is 1. The molecule has 5 aromatic rings. The number of primary amides is 1. The fourth-order valence-electron chi connectivity index (χ4n) is 3.96. The van der Waals surface area contributed by atoms with Crippen LogP contribution in [0.4, 0.5) is 5.82 Å². The van der Waals surface area contributed by atoms with Gasteiger partial charge in [0.05, 0.1) is 35.3 Å². The Balaban J connectivity index is 1.74. The molecule has 0 fully saturated rings. The van der Waals surface area contributed by atoms with Gasteiger partial charge in [0.15, 0.2) is 0 Å². The summed E-state index contributed by atoms with van der Waals surface area (Å²) in [5.41, 5.74) is 8.91. The minimum absolute atomic E-state index is 0.0420. The normalized spacial score (nSPS) is 10.7. The molecule has 0 aliphatic rings. The average molecular weight is 476 g/mol. The zero-order valence-corrected chi connectivity index (χ0v) is 18.9. The molecule has 176 valence electrons. The van der Waals surface area contributed by atoms with E-state index < -0.39 is 5.91 Å². The van der Waals surface area contributed by atoms with E-state index in [1.807, 2.05) is 48.5 Å². The Hall–Kier alpha value is -5.07. The molecule has 3 aromatic heterocycles. The van der Waals surface area contributed by atoms with E-state index in [2.05, 4.69) is 32.3 Å². The first-order valence-electron chi connectivity index (χ1n) is 11.0. The van der Waals surface area contributed by atoms with Gasteiger partial charge in [0.2, 0.25) is 0 Å². The lowest BCUT2D eigenvalue weighted by Gasteiger charge is -2.13. The number of hydrogen-bond donors (Lipinski definition) is 4. The highest BCUT2D eigenvalue weighted by Gasteiger charge is 2.15. The molecule has 5 N–H and O–H groups in total. The predicted molar refractivity (Wildman–Crippen MR) is 137 cm³/mol. The van der Waals surface area contributed by atoms with Gasteiger partial charge in [0.1, 0.15) is 5.82 Å². The standard InChI is InChI=1S/C27H20N6O3/c28-23(35)10-8-19-13-30-27(36)24-22-12-18(17-5-3-16(15-34)4-6-17)7-9-21(22)26(32-25(19)24)29-14-20-2-1-11-31-33-20/h1-7,9,11-13,34H,14-15H2,(H2,28,35)(H,29,32)(H,30,36). The monoisotopic (exact) mass is 476 g/mol. The van der Waals surface area contributed by atoms with Gasteiger partial charge in [-0.25, -0.2) is 4.98 Å². The lowest BCUT2D eigenvalue weighted by atomic mass is 9.98. The number of amides is 1. The number of aliphatic hydroxyl groups excluding tert-OH is 1. The second-order valence-corrected chi connectivity index (χ2v) is 8.01. The Kier molecular flexibility index (Phi) is 6.09. The van der Waals surface area contributed by atoms with Crippen molar-refractivity contribution in [3.8, 4) is 23.0 Å². The zero-order valence-electron chi connectivity index (χ0n) is 18.9. The van der Waals surface area contributed by atoms with Gasteiger partial charge >= 0.3 is 0 Å². The number of aromatic nitrogens is 4. The molecule has 0 aliphatic heterocycles. The van der Waals surface area contributed by atoms with Gasteiger partial charge in [-0.1, -0.05) is 42.3 Å². The van der Waals surface area contributed by atoms with Crippen molar-refractivity contribution >= 4 is 33.4 Å². The third-order valence-corrected chi connectivity index (χ3v) is 5.69. The number of fused-ring (bicyclic) bond motifs is 3. The van der Waals surface area contributed by atoms with Gasteiger partial charge in [-0.15, -0.1) is 0 Å². The summed E-state index contributed by atoms with van der Waals surface area (Å²) < 4.78 is 0. The Morgan fingerprint density at radius 3 is 2.61 bits per heavy atom. The molecule has 0 bridgehead atoms. The quantitative estimate of drug-likeness (QED) is 0.225. The molecule has 2 aromatic carbocycles. The van der Waals surface area contributed by atoms with Crippen LogP contribution in [-0.4, -0.2) is 31.2 Å². The number of benzene rings is 2. The maximum absolute atomic E-state index is 13.0. The summed E-state index contributed by atoms with van der Waals surface area (Å²) in [5.74, 6) is 4.76. The first-order valence-corrected chi connectivity index (χ1v) is 11.0. The molecular formula is C27H20N6O3. The summed E-state index contributed by atoms with van der Waals surface area (Å²) in [4.78, 5) is 31.7. The Morgan fingerprint density at radius 2 is 1.89 bits per heavy atom. The number of carbonyl (C=O) groups excluding carboxylic acids is 1. The van der Waals surface area contributed by atoms with Crippen LogP contribution in [0.5, 0.6) is 0 Å². The highest BCUT2D eigenvalue weighted by atomic mass is 16.3. The number of nitrogens with two attached hydrogens (primary N) is 1. The summed E-state index contributed by atoms with van der Waals surface area (Å²) in [6, 6.07) is 16.9. The summed E-state index contributed by atoms with van der Waals surface area (Å²) >= 11 is 0. The topological polar surface area (TPSA) is 147 Å². The maximum Gasteiger partial charge on any atom is 0.293 e. The van der Waals surface area contributed by atoms with Crippen LogP contribution in [0.3, 0.4) is 0 Å². The van der Waals surface area contributed by atoms with Crippen LogP contribution in [0.25, 0.3) is 32.8 Å². The molecule has 0 atom stereocenters. The van der Waals surface area contributed by atoms with E-state index in [0.717, 1.165) is 22.1 Å². The maximum atomic E-state index is 13.0. The van der Waals surface area contributed by atoms with Gasteiger partial charge in [0.25, 0.3) is 11.5 Å². The van der Waals surface area contributed by atoms with E-state index in [4.69, 9.17) is 10.7 Å². The zero-order chi connectivity index (χ0) is 25.1. The first kappa shape index (κ1) is 22.7. The van der Waals surface area contributed by atoms with Crippen molar-refractivity contribution in [2.45, 2.75) is 13.2 Å². The second kappa shape index (κ2) is 9.66. The Morgan fingerprint density at radius 1 is 1.08 bits per heavy atom. The van der Waals surface area contributed by atoms with Crippen LogP contribution in [0.1, 0.15) is 16.8 Å². The summed E-state index contributed by atoms with van der Waals surface area (Å²) in [6.07, 6.45) is 3.01. The van der Waals surface area contributed by atoms with Crippen molar-refractivity contribution in [2.24, 2.45) is 5.73 Å². The average Bonchev–Trinajstić information content (AvgIpc) is 2.91. The van der Waals surface area contributed by atoms with Gasteiger partial charge in [-0.2, -0.15) is 10.2 Å². The Labute approximate surface area is 205 Å². The summed E-state index contributed by atoms with van der Waals surface area (Å²) in [6.45, 7) is 0.316. The fourth-order valence-corrected chi connectivity index (χ4v) is 3.96. The minimum atomic E-state index is -0.787. The van der Waals surface area contributed by atoms with E-state index in [-0.39, 0.29) is 12.2 Å². The van der Waals surface area contributed by atoms with E-state index in [9.17, 15) is 14.7 Å². The number of carbonyl (C=O) groups is 1. The van der Waals surface area contributed by atoms with Gasteiger partial charge in [0, 0.05) is 29.1 Å². The fraction of sp³-hybridized carbons (Fsp3) is 0.0741. The SMILES string of the molecule is NC(=O)C#Cc1c[nH]c(=O)c2c1nc(NCc1cccnn1)c1ccc(-c3ccc(CO)cc3)cc12. The molecule has 0 aliphatic carbocycles. The number of pyridine rings is 2. The lowest BCUT2D eigenvalue weighted by molar-refractivity contribution is -0.112. The van der Waals surface area contributed by atoms with Crippen LogP contribution < -0.4 is 16.6 Å². The summed E-state index contributed by atoms with van der Waals surface area (Å²) in [7, 11) is 0. The third kappa shape index (κ3) is 4.49. The smallest absolute Gasteiger partial charge is 0.293 e. The summed E-state index contributed by atoms with van der Waals surface area (Å²) in [5, 5.41) is 22.4. The highest BCUT2D eigenvalue weighted by Crippen LogP contribution is 2.33. The number of rotatable bonds is 5. The molecule has 36 heavy (non-hydrogen) atoms. The van der Waals surface area contributed by atoms with E-state index in [1.54, 1.807) is 12.3 Å². The van der Waals surface area contributed by atoms with Crippen LogP contribution in [0.2, 0.25) is 0 Å². The number of anilines is 1. The van der Waals surface area contributed by atoms with Crippen molar-refractivity contribution in [3.05, 3.63) is 94.2 Å². The van der Waals surface area contributed by atoms with Crippen molar-refractivity contribution in [1.82, 2.24) is 20.2 Å².